The summed E-state index contributed by atoms with van der Waals surface area (Å²) in [4.78, 5) is 16.0. The van der Waals surface area contributed by atoms with E-state index < -0.39 is 0 Å². The Labute approximate surface area is 132 Å². The third-order valence-corrected chi connectivity index (χ3v) is 3.26. The topological polar surface area (TPSA) is 68.6 Å². The van der Waals surface area contributed by atoms with Crippen molar-refractivity contribution in [2.75, 3.05) is 52.5 Å². The van der Waals surface area contributed by atoms with Crippen LogP contribution >= 0.6 is 0 Å². The molecular formula is C16H24N4O2. The van der Waals surface area contributed by atoms with Gasteiger partial charge in [-0.3, -0.25) is 9.69 Å². The second-order valence-electron chi connectivity index (χ2n) is 4.87. The maximum absolute atomic E-state index is 12.2. The fraction of sp³-hybridized carbons (Fsp3) is 0.500. The third-order valence-electron chi connectivity index (χ3n) is 3.26. The zero-order chi connectivity index (χ0) is 16.2. The van der Waals surface area contributed by atoms with Crippen LogP contribution in [0.25, 0.3) is 0 Å². The van der Waals surface area contributed by atoms with Crippen LogP contribution in [0.5, 0.6) is 0 Å². The van der Waals surface area contributed by atoms with E-state index in [1.54, 1.807) is 12.2 Å². The molecule has 1 rings (SSSR count). The van der Waals surface area contributed by atoms with Gasteiger partial charge in [0.25, 0.3) is 5.91 Å². The van der Waals surface area contributed by atoms with Gasteiger partial charge in [-0.1, -0.05) is 12.2 Å². The predicted molar refractivity (Wildman–Crippen MR) is 85.9 cm³/mol. The molecule has 0 spiro atoms. The van der Waals surface area contributed by atoms with Gasteiger partial charge in [0.2, 0.25) is 0 Å². The van der Waals surface area contributed by atoms with Crippen LogP contribution in [0, 0.1) is 11.3 Å². The molecule has 1 fully saturated rings. The minimum Gasteiger partial charge on any atom is -0.388 e. The van der Waals surface area contributed by atoms with Crippen LogP contribution in [0.4, 0.5) is 0 Å². The number of nitrogens with one attached hydrogen (secondary N) is 1. The zero-order valence-corrected chi connectivity index (χ0v) is 13.0. The molecular weight excluding hydrogens is 280 g/mol. The van der Waals surface area contributed by atoms with Crippen LogP contribution in [0.3, 0.4) is 0 Å². The lowest BCUT2D eigenvalue weighted by atomic mass is 10.2. The predicted octanol–water partition coefficient (Wildman–Crippen LogP) is 0.516. The fourth-order valence-corrected chi connectivity index (χ4v) is 2.09. The molecule has 0 bridgehead atoms. The maximum atomic E-state index is 12.2. The number of morpholine rings is 1. The molecule has 6 nitrogen and oxygen atoms in total. The van der Waals surface area contributed by atoms with Crippen LogP contribution in [-0.4, -0.2) is 68.2 Å². The molecule has 1 amide bonds. The van der Waals surface area contributed by atoms with Crippen molar-refractivity contribution in [1.82, 2.24) is 15.1 Å². The fourth-order valence-electron chi connectivity index (χ4n) is 2.09. The molecule has 1 aliphatic rings. The number of nitriles is 1. The Hall–Kier alpha value is -2.10. The first-order chi connectivity index (χ1) is 10.7. The highest BCUT2D eigenvalue weighted by molar-refractivity contribution is 5.97. The number of nitrogens with zero attached hydrogens (tertiary/aromatic N) is 3. The van der Waals surface area contributed by atoms with E-state index in [0.717, 1.165) is 32.8 Å². The van der Waals surface area contributed by atoms with Crippen molar-refractivity contribution in [3.05, 3.63) is 37.1 Å². The summed E-state index contributed by atoms with van der Waals surface area (Å²) in [7, 11) is 0. The van der Waals surface area contributed by atoms with Crippen molar-refractivity contribution in [2.24, 2.45) is 0 Å². The number of carbonyl (C=O) groups is 1. The molecule has 1 N–H and O–H groups in total. The molecule has 0 saturated carbocycles. The molecule has 0 aromatic heterocycles. The molecule has 1 saturated heterocycles. The van der Waals surface area contributed by atoms with Crippen molar-refractivity contribution in [3.8, 4) is 6.07 Å². The van der Waals surface area contributed by atoms with Gasteiger partial charge in [0, 0.05) is 45.5 Å². The Morgan fingerprint density at radius 3 is 2.50 bits per heavy atom. The minimum atomic E-state index is -0.318. The zero-order valence-electron chi connectivity index (χ0n) is 13.0. The van der Waals surface area contributed by atoms with Gasteiger partial charge in [0.15, 0.2) is 0 Å². The second kappa shape index (κ2) is 10.6. The van der Waals surface area contributed by atoms with E-state index >= 15 is 0 Å². The van der Waals surface area contributed by atoms with Crippen molar-refractivity contribution in [2.45, 2.75) is 0 Å². The van der Waals surface area contributed by atoms with E-state index in [4.69, 9.17) is 10.00 Å². The van der Waals surface area contributed by atoms with Crippen molar-refractivity contribution in [3.63, 3.8) is 0 Å². The molecule has 0 unspecified atom stereocenters. The van der Waals surface area contributed by atoms with Gasteiger partial charge in [-0.2, -0.15) is 5.26 Å². The molecule has 22 heavy (non-hydrogen) atoms. The first-order valence-corrected chi connectivity index (χ1v) is 7.37. The van der Waals surface area contributed by atoms with Gasteiger partial charge in [-0.05, 0) is 0 Å². The van der Waals surface area contributed by atoms with Crippen molar-refractivity contribution < 1.29 is 9.53 Å². The number of ether oxygens (including phenoxy) is 1. The van der Waals surface area contributed by atoms with Gasteiger partial charge >= 0.3 is 0 Å². The molecule has 1 aliphatic heterocycles. The molecule has 0 atom stereocenters. The van der Waals surface area contributed by atoms with Crippen LogP contribution in [0.2, 0.25) is 0 Å². The Balaban J connectivity index is 2.46. The monoisotopic (exact) mass is 304 g/mol. The normalized spacial score (nSPS) is 15.7. The number of hydrogen-bond acceptors (Lipinski definition) is 5. The van der Waals surface area contributed by atoms with Crippen LogP contribution < -0.4 is 5.32 Å². The van der Waals surface area contributed by atoms with Crippen LogP contribution in [0.1, 0.15) is 0 Å². The summed E-state index contributed by atoms with van der Waals surface area (Å²) in [6.45, 7) is 12.9. The number of amides is 1. The van der Waals surface area contributed by atoms with E-state index in [2.05, 4.69) is 23.4 Å². The molecule has 120 valence electrons. The smallest absolute Gasteiger partial charge is 0.266 e. The second-order valence-corrected chi connectivity index (χ2v) is 4.87. The van der Waals surface area contributed by atoms with Gasteiger partial charge in [-0.15, -0.1) is 13.2 Å². The third kappa shape index (κ3) is 6.12. The molecule has 0 aromatic rings. The first kappa shape index (κ1) is 18.0. The van der Waals surface area contributed by atoms with Gasteiger partial charge in [0.1, 0.15) is 11.6 Å². The Morgan fingerprint density at radius 1 is 1.32 bits per heavy atom. The standard InChI is InChI=1S/C16H24N4O2/c1-3-6-20(7-4-2)16(21)15(13-17)14-18-5-8-19-9-11-22-12-10-19/h3-4,14,18H,1-2,5-12H2/b15-14-. The quantitative estimate of drug-likeness (QED) is 0.291. The van der Waals surface area contributed by atoms with Crippen LogP contribution in [0.15, 0.2) is 37.1 Å². The van der Waals surface area contributed by atoms with E-state index in [-0.39, 0.29) is 11.5 Å². The summed E-state index contributed by atoms with van der Waals surface area (Å²) < 4.78 is 5.28. The lowest BCUT2D eigenvalue weighted by Crippen LogP contribution is -2.39. The summed E-state index contributed by atoms with van der Waals surface area (Å²) in [5, 5.41) is 12.2. The Bertz CT molecular complexity index is 438. The SMILES string of the molecule is C=CCN(CC=C)C(=O)/C(C#N)=C\NCCN1CCOCC1. The molecule has 6 heteroatoms. The highest BCUT2D eigenvalue weighted by Gasteiger charge is 2.16. The van der Waals surface area contributed by atoms with E-state index in [1.165, 1.54) is 11.1 Å². The minimum absolute atomic E-state index is 0.0886. The van der Waals surface area contributed by atoms with Gasteiger partial charge in [0.05, 0.1) is 13.2 Å². The van der Waals surface area contributed by atoms with Gasteiger partial charge in [-0.25, -0.2) is 0 Å². The van der Waals surface area contributed by atoms with Crippen molar-refractivity contribution >= 4 is 5.91 Å². The van der Waals surface area contributed by atoms with Crippen LogP contribution in [-0.2, 0) is 9.53 Å². The van der Waals surface area contributed by atoms with Gasteiger partial charge < -0.3 is 15.0 Å². The summed E-state index contributed by atoms with van der Waals surface area (Å²) in [6.07, 6.45) is 4.74. The van der Waals surface area contributed by atoms with E-state index in [1.807, 2.05) is 6.07 Å². The lowest BCUT2D eigenvalue weighted by molar-refractivity contribution is -0.125. The molecule has 0 aliphatic carbocycles. The number of rotatable bonds is 9. The number of hydrogen-bond donors (Lipinski definition) is 1. The number of carbonyl (C=O) groups excluding carboxylic acids is 1. The highest BCUT2D eigenvalue weighted by Crippen LogP contribution is 2.01. The maximum Gasteiger partial charge on any atom is 0.266 e. The first-order valence-electron chi connectivity index (χ1n) is 7.37. The Kier molecular flexibility index (Phi) is 8.65. The average Bonchev–Trinajstić information content (AvgIpc) is 2.55. The largest absolute Gasteiger partial charge is 0.388 e. The summed E-state index contributed by atoms with van der Waals surface area (Å²) in [5.41, 5.74) is 0.0886. The molecule has 1 heterocycles. The van der Waals surface area contributed by atoms with E-state index in [9.17, 15) is 4.79 Å². The average molecular weight is 304 g/mol. The van der Waals surface area contributed by atoms with Crippen molar-refractivity contribution in [1.29, 1.82) is 5.26 Å². The highest BCUT2D eigenvalue weighted by atomic mass is 16.5. The summed E-state index contributed by atoms with van der Waals surface area (Å²) in [5.74, 6) is -0.318. The lowest BCUT2D eigenvalue weighted by Gasteiger charge is -2.26. The summed E-state index contributed by atoms with van der Waals surface area (Å²) in [6, 6.07) is 1.94. The summed E-state index contributed by atoms with van der Waals surface area (Å²) >= 11 is 0. The van der Waals surface area contributed by atoms with E-state index in [0.29, 0.717) is 19.6 Å². The molecule has 0 radical (unpaired) electrons. The molecule has 0 aromatic carbocycles. The Morgan fingerprint density at radius 2 is 1.95 bits per heavy atom.